The van der Waals surface area contributed by atoms with Crippen LogP contribution in [0.2, 0.25) is 0 Å². The van der Waals surface area contributed by atoms with Crippen LogP contribution in [-0.2, 0) is 6.61 Å². The van der Waals surface area contributed by atoms with Gasteiger partial charge in [-0.2, -0.15) is 0 Å². The van der Waals surface area contributed by atoms with Gasteiger partial charge in [0.05, 0.1) is 6.61 Å². The van der Waals surface area contributed by atoms with Crippen molar-refractivity contribution in [3.05, 3.63) is 35.4 Å². The molecule has 11 heavy (non-hydrogen) atoms. The number of benzene rings is 1. The lowest BCUT2D eigenvalue weighted by Crippen LogP contribution is -1.89. The minimum atomic E-state index is 0.108. The third-order valence-electron chi connectivity index (χ3n) is 1.72. The molecular formula is C10H13O. The maximum atomic E-state index is 8.82. The van der Waals surface area contributed by atoms with Crippen molar-refractivity contribution in [2.75, 3.05) is 0 Å². The zero-order chi connectivity index (χ0) is 8.27. The number of hydrogen-bond donors (Lipinski definition) is 1. The van der Waals surface area contributed by atoms with E-state index in [0.717, 1.165) is 5.56 Å². The van der Waals surface area contributed by atoms with Crippen LogP contribution in [0.5, 0.6) is 0 Å². The Balaban J connectivity index is 2.91. The SMILES string of the molecule is CC(C)c1c[c]cc(CO)c1. The minimum Gasteiger partial charge on any atom is -0.392 e. The van der Waals surface area contributed by atoms with Crippen LogP contribution in [0.25, 0.3) is 0 Å². The van der Waals surface area contributed by atoms with Gasteiger partial charge in [-0.1, -0.05) is 26.0 Å². The molecule has 0 aliphatic carbocycles. The van der Waals surface area contributed by atoms with Crippen molar-refractivity contribution in [2.24, 2.45) is 0 Å². The van der Waals surface area contributed by atoms with E-state index in [2.05, 4.69) is 19.9 Å². The number of aliphatic hydroxyl groups is 1. The summed E-state index contributed by atoms with van der Waals surface area (Å²) in [5.41, 5.74) is 2.17. The Labute approximate surface area is 67.7 Å². The van der Waals surface area contributed by atoms with Crippen molar-refractivity contribution in [1.29, 1.82) is 0 Å². The molecule has 0 heterocycles. The summed E-state index contributed by atoms with van der Waals surface area (Å²) in [6.45, 7) is 4.37. The summed E-state index contributed by atoms with van der Waals surface area (Å²) in [4.78, 5) is 0. The first-order valence-electron chi connectivity index (χ1n) is 3.85. The van der Waals surface area contributed by atoms with Gasteiger partial charge in [-0.15, -0.1) is 0 Å². The summed E-state index contributed by atoms with van der Waals surface area (Å²) in [6, 6.07) is 8.79. The monoisotopic (exact) mass is 149 g/mol. The predicted octanol–water partition coefficient (Wildman–Crippen LogP) is 2.10. The summed E-state index contributed by atoms with van der Waals surface area (Å²) in [5.74, 6) is 0.512. The summed E-state index contributed by atoms with van der Waals surface area (Å²) < 4.78 is 0. The zero-order valence-corrected chi connectivity index (χ0v) is 6.96. The van der Waals surface area contributed by atoms with Crippen LogP contribution >= 0.6 is 0 Å². The molecule has 0 saturated heterocycles. The van der Waals surface area contributed by atoms with E-state index in [1.807, 2.05) is 18.2 Å². The van der Waals surface area contributed by atoms with Gasteiger partial charge < -0.3 is 5.11 Å². The highest BCUT2D eigenvalue weighted by Gasteiger charge is 1.98. The number of rotatable bonds is 2. The van der Waals surface area contributed by atoms with Gasteiger partial charge >= 0.3 is 0 Å². The molecule has 0 aliphatic rings. The molecule has 1 rings (SSSR count). The van der Waals surface area contributed by atoms with Crippen LogP contribution in [0.1, 0.15) is 30.9 Å². The highest BCUT2D eigenvalue weighted by atomic mass is 16.3. The zero-order valence-electron chi connectivity index (χ0n) is 6.96. The molecule has 0 atom stereocenters. The smallest absolute Gasteiger partial charge is 0.0682 e. The molecule has 1 aromatic rings. The summed E-state index contributed by atoms with van der Waals surface area (Å²) >= 11 is 0. The fraction of sp³-hybridized carbons (Fsp3) is 0.400. The van der Waals surface area contributed by atoms with Gasteiger partial charge in [0, 0.05) is 0 Å². The highest BCUT2D eigenvalue weighted by Crippen LogP contribution is 2.14. The van der Waals surface area contributed by atoms with Crippen molar-refractivity contribution < 1.29 is 5.11 Å². The topological polar surface area (TPSA) is 20.2 Å². The fourth-order valence-corrected chi connectivity index (χ4v) is 0.967. The highest BCUT2D eigenvalue weighted by molar-refractivity contribution is 5.24. The van der Waals surface area contributed by atoms with Crippen LogP contribution < -0.4 is 0 Å². The van der Waals surface area contributed by atoms with Gasteiger partial charge in [0.2, 0.25) is 0 Å². The Morgan fingerprint density at radius 1 is 1.45 bits per heavy atom. The van der Waals surface area contributed by atoms with Gasteiger partial charge in [0.25, 0.3) is 0 Å². The number of hydrogen-bond acceptors (Lipinski definition) is 1. The third-order valence-corrected chi connectivity index (χ3v) is 1.72. The Hall–Kier alpha value is -0.820. The van der Waals surface area contributed by atoms with Gasteiger partial charge in [-0.25, -0.2) is 0 Å². The van der Waals surface area contributed by atoms with E-state index in [1.54, 1.807) is 0 Å². The first kappa shape index (κ1) is 8.28. The average molecular weight is 149 g/mol. The normalized spacial score (nSPS) is 10.5. The van der Waals surface area contributed by atoms with E-state index >= 15 is 0 Å². The average Bonchev–Trinajstić information content (AvgIpc) is 2.05. The van der Waals surface area contributed by atoms with E-state index in [-0.39, 0.29) is 6.61 Å². The molecular weight excluding hydrogens is 136 g/mol. The van der Waals surface area contributed by atoms with Crippen LogP contribution in [0, 0.1) is 6.07 Å². The standard InChI is InChI=1S/C10H13O/c1-8(2)10-5-3-4-9(6-10)7-11/h4-6,8,11H,7H2,1-2H3. The van der Waals surface area contributed by atoms with Gasteiger partial charge in [-0.3, -0.25) is 0 Å². The van der Waals surface area contributed by atoms with E-state index in [1.165, 1.54) is 5.56 Å². The molecule has 1 N–H and O–H groups in total. The third kappa shape index (κ3) is 2.05. The minimum absolute atomic E-state index is 0.108. The molecule has 59 valence electrons. The summed E-state index contributed by atoms with van der Waals surface area (Å²) in [7, 11) is 0. The first-order valence-corrected chi connectivity index (χ1v) is 3.85. The van der Waals surface area contributed by atoms with E-state index in [0.29, 0.717) is 5.92 Å². The maximum Gasteiger partial charge on any atom is 0.0682 e. The largest absolute Gasteiger partial charge is 0.392 e. The molecule has 1 heteroatoms. The van der Waals surface area contributed by atoms with E-state index < -0.39 is 0 Å². The lowest BCUT2D eigenvalue weighted by atomic mass is 10.0. The quantitative estimate of drug-likeness (QED) is 0.682. The predicted molar refractivity (Wildman–Crippen MR) is 45.3 cm³/mol. The molecule has 0 fully saturated rings. The molecule has 0 aliphatic heterocycles. The second kappa shape index (κ2) is 3.54. The van der Waals surface area contributed by atoms with Crippen molar-refractivity contribution in [1.82, 2.24) is 0 Å². The van der Waals surface area contributed by atoms with Crippen LogP contribution in [0.4, 0.5) is 0 Å². The Morgan fingerprint density at radius 3 is 2.73 bits per heavy atom. The van der Waals surface area contributed by atoms with Crippen molar-refractivity contribution in [2.45, 2.75) is 26.4 Å². The molecule has 0 unspecified atom stereocenters. The second-order valence-corrected chi connectivity index (χ2v) is 2.99. The summed E-state index contributed by atoms with van der Waals surface area (Å²) in [5, 5.41) is 8.82. The summed E-state index contributed by atoms with van der Waals surface area (Å²) in [6.07, 6.45) is 0. The van der Waals surface area contributed by atoms with Gasteiger partial charge in [-0.05, 0) is 29.2 Å². The second-order valence-electron chi connectivity index (χ2n) is 2.99. The molecule has 1 nitrogen and oxygen atoms in total. The van der Waals surface area contributed by atoms with Crippen LogP contribution in [-0.4, -0.2) is 5.11 Å². The Kier molecular flexibility index (Phi) is 2.66. The molecule has 1 aromatic carbocycles. The molecule has 1 radical (unpaired) electrons. The molecule has 0 amide bonds. The lowest BCUT2D eigenvalue weighted by molar-refractivity contribution is 0.281. The number of aliphatic hydroxyl groups excluding tert-OH is 1. The molecule has 0 bridgehead atoms. The van der Waals surface area contributed by atoms with Crippen molar-refractivity contribution in [3.63, 3.8) is 0 Å². The fourth-order valence-electron chi connectivity index (χ4n) is 0.967. The molecule has 0 spiro atoms. The first-order chi connectivity index (χ1) is 5.24. The van der Waals surface area contributed by atoms with Gasteiger partial charge in [0.15, 0.2) is 0 Å². The Morgan fingerprint density at radius 2 is 2.18 bits per heavy atom. The van der Waals surface area contributed by atoms with Crippen LogP contribution in [0.15, 0.2) is 18.2 Å². The molecule has 0 saturated carbocycles. The maximum absolute atomic E-state index is 8.82. The lowest BCUT2D eigenvalue weighted by Gasteiger charge is -2.05. The van der Waals surface area contributed by atoms with E-state index in [9.17, 15) is 0 Å². The van der Waals surface area contributed by atoms with Crippen molar-refractivity contribution >= 4 is 0 Å². The van der Waals surface area contributed by atoms with E-state index in [4.69, 9.17) is 5.11 Å². The van der Waals surface area contributed by atoms with Crippen molar-refractivity contribution in [3.8, 4) is 0 Å². The van der Waals surface area contributed by atoms with Crippen LogP contribution in [0.3, 0.4) is 0 Å². The van der Waals surface area contributed by atoms with Gasteiger partial charge in [0.1, 0.15) is 0 Å². The molecule has 0 aromatic heterocycles. The Bertz CT molecular complexity index is 228.